The fraction of sp³-hybridized carbons (Fsp3) is 0.231. The summed E-state index contributed by atoms with van der Waals surface area (Å²) in [5.74, 6) is -0.482. The van der Waals surface area contributed by atoms with Gasteiger partial charge < -0.3 is 15.4 Å². The van der Waals surface area contributed by atoms with Crippen molar-refractivity contribution in [1.29, 1.82) is 0 Å². The predicted molar refractivity (Wildman–Crippen MR) is 70.6 cm³/mol. The van der Waals surface area contributed by atoms with Crippen LogP contribution in [0.3, 0.4) is 0 Å². The van der Waals surface area contributed by atoms with Crippen LogP contribution in [0.1, 0.15) is 18.5 Å². The smallest absolute Gasteiger partial charge is 0.337 e. The second-order valence-corrected chi connectivity index (χ2v) is 4.55. The van der Waals surface area contributed by atoms with Crippen molar-refractivity contribution in [2.45, 2.75) is 13.0 Å². The van der Waals surface area contributed by atoms with Crippen LogP contribution < -0.4 is 10.6 Å². The number of allylic oxidation sites excluding steroid dienone is 1. The van der Waals surface area contributed by atoms with Crippen molar-refractivity contribution in [2.75, 3.05) is 7.11 Å². The molecule has 0 aromatic heterocycles. The first-order valence-electron chi connectivity index (χ1n) is 5.65. The fourth-order valence-electron chi connectivity index (χ4n) is 1.98. The molecule has 1 aromatic rings. The van der Waals surface area contributed by atoms with Crippen molar-refractivity contribution in [3.8, 4) is 0 Å². The summed E-state index contributed by atoms with van der Waals surface area (Å²) in [4.78, 5) is 23.4. The van der Waals surface area contributed by atoms with Gasteiger partial charge in [0, 0.05) is 10.7 Å². The molecule has 2 N–H and O–H groups in total. The van der Waals surface area contributed by atoms with Gasteiger partial charge in [0.15, 0.2) is 0 Å². The second-order valence-electron chi connectivity index (χ2n) is 4.11. The van der Waals surface area contributed by atoms with Gasteiger partial charge in [0.1, 0.15) is 0 Å². The molecule has 0 saturated carbocycles. The minimum absolute atomic E-state index is 0.356. The highest BCUT2D eigenvalue weighted by Gasteiger charge is 2.31. The average Bonchev–Trinajstić information content (AvgIpc) is 2.38. The number of carbonyl (C=O) groups is 2. The monoisotopic (exact) mass is 280 g/mol. The standard InChI is InChI=1S/C13H13ClN2O3/c1-7-10(12(17)19-2)11(16-13(18)15-7)8-3-5-9(14)6-4-8/h3-6,11H,1-2H3,(H2,15,16,18)/t11-/m0/s1. The van der Waals surface area contributed by atoms with E-state index in [2.05, 4.69) is 10.6 Å². The summed E-state index contributed by atoms with van der Waals surface area (Å²) in [6, 6.07) is 6.03. The van der Waals surface area contributed by atoms with Crippen LogP contribution >= 0.6 is 11.6 Å². The minimum atomic E-state index is -0.543. The molecule has 0 unspecified atom stereocenters. The van der Waals surface area contributed by atoms with Crippen LogP contribution in [0.25, 0.3) is 0 Å². The fourth-order valence-corrected chi connectivity index (χ4v) is 2.11. The number of urea groups is 1. The Hall–Kier alpha value is -2.01. The Kier molecular flexibility index (Phi) is 3.76. The topological polar surface area (TPSA) is 67.4 Å². The molecular formula is C13H13ClN2O3. The number of halogens is 1. The van der Waals surface area contributed by atoms with Crippen LogP contribution in [0, 0.1) is 0 Å². The number of hydrogen-bond acceptors (Lipinski definition) is 3. The zero-order valence-electron chi connectivity index (χ0n) is 10.5. The number of hydrogen-bond donors (Lipinski definition) is 2. The van der Waals surface area contributed by atoms with Gasteiger partial charge in [-0.15, -0.1) is 0 Å². The van der Waals surface area contributed by atoms with Crippen LogP contribution in [0.5, 0.6) is 0 Å². The molecule has 0 radical (unpaired) electrons. The lowest BCUT2D eigenvalue weighted by Crippen LogP contribution is -2.45. The van der Waals surface area contributed by atoms with E-state index in [1.807, 2.05) is 0 Å². The largest absolute Gasteiger partial charge is 0.466 e. The third-order valence-electron chi connectivity index (χ3n) is 2.88. The highest BCUT2D eigenvalue weighted by atomic mass is 35.5. The highest BCUT2D eigenvalue weighted by Crippen LogP contribution is 2.28. The molecular weight excluding hydrogens is 268 g/mol. The van der Waals surface area contributed by atoms with Gasteiger partial charge in [-0.1, -0.05) is 23.7 Å². The van der Waals surface area contributed by atoms with E-state index in [1.54, 1.807) is 31.2 Å². The molecule has 1 aliphatic rings. The van der Waals surface area contributed by atoms with Crippen LogP contribution in [0.2, 0.25) is 5.02 Å². The van der Waals surface area contributed by atoms with E-state index in [4.69, 9.17) is 16.3 Å². The highest BCUT2D eigenvalue weighted by molar-refractivity contribution is 6.30. The van der Waals surface area contributed by atoms with E-state index in [9.17, 15) is 9.59 Å². The van der Waals surface area contributed by atoms with Crippen LogP contribution in [-0.2, 0) is 9.53 Å². The molecule has 0 spiro atoms. The zero-order valence-corrected chi connectivity index (χ0v) is 11.2. The third-order valence-corrected chi connectivity index (χ3v) is 3.13. The van der Waals surface area contributed by atoms with Gasteiger partial charge in [0.25, 0.3) is 0 Å². The number of nitrogens with one attached hydrogen (secondary N) is 2. The Morgan fingerprint density at radius 3 is 2.53 bits per heavy atom. The number of rotatable bonds is 2. The van der Waals surface area contributed by atoms with Gasteiger partial charge in [-0.05, 0) is 24.6 Å². The van der Waals surface area contributed by atoms with Crippen molar-refractivity contribution in [3.05, 3.63) is 46.1 Å². The quantitative estimate of drug-likeness (QED) is 0.816. The van der Waals surface area contributed by atoms with Crippen molar-refractivity contribution in [1.82, 2.24) is 10.6 Å². The first kappa shape index (κ1) is 13.4. The Morgan fingerprint density at radius 2 is 1.95 bits per heavy atom. The number of ether oxygens (including phenoxy) is 1. The molecule has 5 nitrogen and oxygen atoms in total. The summed E-state index contributed by atoms with van der Waals surface area (Å²) >= 11 is 5.83. The maximum absolute atomic E-state index is 11.8. The van der Waals surface area contributed by atoms with E-state index < -0.39 is 12.0 Å². The van der Waals surface area contributed by atoms with Gasteiger partial charge in [0.05, 0.1) is 18.7 Å². The predicted octanol–water partition coefficient (Wildman–Crippen LogP) is 2.14. The van der Waals surface area contributed by atoms with Crippen LogP contribution in [0.4, 0.5) is 4.79 Å². The van der Waals surface area contributed by atoms with Crippen LogP contribution in [0.15, 0.2) is 35.5 Å². The molecule has 1 aliphatic heterocycles. The maximum atomic E-state index is 11.8. The zero-order chi connectivity index (χ0) is 14.0. The summed E-state index contributed by atoms with van der Waals surface area (Å²) in [5, 5.41) is 5.84. The molecule has 100 valence electrons. The molecule has 2 rings (SSSR count). The number of esters is 1. The first-order valence-corrected chi connectivity index (χ1v) is 6.02. The lowest BCUT2D eigenvalue weighted by Gasteiger charge is -2.27. The van der Waals surface area contributed by atoms with Crippen molar-refractivity contribution in [3.63, 3.8) is 0 Å². The molecule has 0 bridgehead atoms. The molecule has 0 saturated heterocycles. The van der Waals surface area contributed by atoms with Gasteiger partial charge in [-0.25, -0.2) is 9.59 Å². The third kappa shape index (κ3) is 2.71. The lowest BCUT2D eigenvalue weighted by atomic mass is 9.96. The molecule has 0 fully saturated rings. The van der Waals surface area contributed by atoms with Crippen molar-refractivity contribution in [2.24, 2.45) is 0 Å². The summed E-state index contributed by atoms with van der Waals surface area (Å²) in [6.45, 7) is 1.66. The van der Waals surface area contributed by atoms with Gasteiger partial charge in [0.2, 0.25) is 0 Å². The van der Waals surface area contributed by atoms with Crippen LogP contribution in [-0.4, -0.2) is 19.1 Å². The van der Waals surface area contributed by atoms with E-state index in [0.717, 1.165) is 5.56 Å². The van der Waals surface area contributed by atoms with E-state index in [0.29, 0.717) is 16.3 Å². The molecule has 0 aliphatic carbocycles. The Morgan fingerprint density at radius 1 is 1.32 bits per heavy atom. The number of carbonyl (C=O) groups excluding carboxylic acids is 2. The molecule has 1 atom stereocenters. The molecule has 2 amide bonds. The summed E-state index contributed by atoms with van der Waals surface area (Å²) in [5.41, 5.74) is 1.62. The first-order chi connectivity index (χ1) is 9.02. The number of methoxy groups -OCH3 is 1. The minimum Gasteiger partial charge on any atom is -0.466 e. The Labute approximate surface area is 115 Å². The molecule has 6 heteroatoms. The average molecular weight is 281 g/mol. The van der Waals surface area contributed by atoms with Gasteiger partial charge >= 0.3 is 12.0 Å². The number of amides is 2. The second kappa shape index (κ2) is 5.32. The molecule has 19 heavy (non-hydrogen) atoms. The van der Waals surface area contributed by atoms with E-state index in [-0.39, 0.29) is 6.03 Å². The molecule has 1 aromatic carbocycles. The Bertz CT molecular complexity index is 552. The molecule has 1 heterocycles. The van der Waals surface area contributed by atoms with Crippen molar-refractivity contribution >= 4 is 23.6 Å². The van der Waals surface area contributed by atoms with E-state index in [1.165, 1.54) is 7.11 Å². The van der Waals surface area contributed by atoms with Crippen molar-refractivity contribution < 1.29 is 14.3 Å². The number of benzene rings is 1. The maximum Gasteiger partial charge on any atom is 0.337 e. The van der Waals surface area contributed by atoms with Gasteiger partial charge in [-0.3, -0.25) is 0 Å². The van der Waals surface area contributed by atoms with Gasteiger partial charge in [-0.2, -0.15) is 0 Å². The summed E-state index contributed by atoms with van der Waals surface area (Å²) in [7, 11) is 1.30. The Balaban J connectivity index is 2.46. The SMILES string of the molecule is COC(=O)C1=C(C)NC(=O)N[C@H]1c1ccc(Cl)cc1. The normalized spacial score (nSPS) is 18.7. The lowest BCUT2D eigenvalue weighted by molar-refractivity contribution is -0.136. The summed E-state index contributed by atoms with van der Waals surface area (Å²) < 4.78 is 4.76. The van der Waals surface area contributed by atoms with E-state index >= 15 is 0 Å². The summed E-state index contributed by atoms with van der Waals surface area (Å²) in [6.07, 6.45) is 0.